The Labute approximate surface area is 122 Å². The number of carbonyl (C=O) groups excluding carboxylic acids is 1. The maximum Gasteiger partial charge on any atom is 0.409 e. The highest BCUT2D eigenvalue weighted by atomic mass is 35.5. The van der Waals surface area contributed by atoms with Gasteiger partial charge in [-0.15, -0.1) is 0 Å². The fraction of sp³-hybridized carbons (Fsp3) is 0.500. The van der Waals surface area contributed by atoms with Crippen molar-refractivity contribution in [3.8, 4) is 0 Å². The Balaban J connectivity index is 1.88. The number of nitrogens with zero attached hydrogens (tertiary/aromatic N) is 1. The second kappa shape index (κ2) is 6.79. The number of benzene rings is 1. The zero-order valence-electron chi connectivity index (χ0n) is 11.4. The van der Waals surface area contributed by atoms with E-state index < -0.39 is 5.82 Å². The number of nitrogens with one attached hydrogen (secondary N) is 1. The Morgan fingerprint density at radius 2 is 2.20 bits per heavy atom. The maximum absolute atomic E-state index is 13.8. The van der Waals surface area contributed by atoms with Gasteiger partial charge in [0, 0.05) is 19.1 Å². The molecular weight excluding hydrogens is 283 g/mol. The molecule has 2 rings (SSSR count). The first-order chi connectivity index (χ1) is 9.61. The van der Waals surface area contributed by atoms with Crippen molar-refractivity contribution >= 4 is 23.4 Å². The molecule has 0 bridgehead atoms. The molecule has 1 amide bonds. The largest absolute Gasteiger partial charge is 0.450 e. The van der Waals surface area contributed by atoms with E-state index >= 15 is 0 Å². The lowest BCUT2D eigenvalue weighted by Crippen LogP contribution is -2.42. The Morgan fingerprint density at radius 3 is 2.85 bits per heavy atom. The van der Waals surface area contributed by atoms with Gasteiger partial charge < -0.3 is 15.0 Å². The third-order valence-corrected chi connectivity index (χ3v) is 3.62. The molecule has 1 aliphatic rings. The molecule has 0 aliphatic carbocycles. The lowest BCUT2D eigenvalue weighted by atomic mass is 10.0. The Morgan fingerprint density at radius 1 is 1.50 bits per heavy atom. The number of carbonyl (C=O) groups is 1. The summed E-state index contributed by atoms with van der Waals surface area (Å²) in [7, 11) is 0. The number of likely N-dealkylation sites (tertiary alicyclic amines) is 1. The first-order valence-electron chi connectivity index (χ1n) is 6.74. The molecule has 1 heterocycles. The third kappa shape index (κ3) is 3.54. The molecule has 0 unspecified atom stereocenters. The third-order valence-electron chi connectivity index (χ3n) is 3.33. The number of rotatable bonds is 3. The predicted molar refractivity (Wildman–Crippen MR) is 76.6 cm³/mol. The second-order valence-corrected chi connectivity index (χ2v) is 5.11. The minimum atomic E-state index is -0.429. The van der Waals surface area contributed by atoms with Gasteiger partial charge in [0.15, 0.2) is 5.82 Å². The number of hydrogen-bond acceptors (Lipinski definition) is 3. The van der Waals surface area contributed by atoms with Crippen molar-refractivity contribution in [3.05, 3.63) is 29.0 Å². The van der Waals surface area contributed by atoms with Crippen LogP contribution in [0, 0.1) is 5.82 Å². The summed E-state index contributed by atoms with van der Waals surface area (Å²) in [5.41, 5.74) is 0.409. The molecule has 0 saturated carbocycles. The highest BCUT2D eigenvalue weighted by Crippen LogP contribution is 2.24. The van der Waals surface area contributed by atoms with Crippen molar-refractivity contribution in [1.82, 2.24) is 4.90 Å². The van der Waals surface area contributed by atoms with Crippen molar-refractivity contribution in [2.24, 2.45) is 0 Å². The van der Waals surface area contributed by atoms with Gasteiger partial charge >= 0.3 is 6.09 Å². The molecule has 0 atom stereocenters. The van der Waals surface area contributed by atoms with Crippen LogP contribution in [0.5, 0.6) is 0 Å². The maximum atomic E-state index is 13.8. The van der Waals surface area contributed by atoms with E-state index in [0.717, 1.165) is 12.8 Å². The lowest BCUT2D eigenvalue weighted by Gasteiger charge is -2.32. The molecule has 20 heavy (non-hydrogen) atoms. The summed E-state index contributed by atoms with van der Waals surface area (Å²) in [6, 6.07) is 5.03. The summed E-state index contributed by atoms with van der Waals surface area (Å²) < 4.78 is 18.7. The first kappa shape index (κ1) is 14.9. The van der Waals surface area contributed by atoms with Crippen molar-refractivity contribution in [1.29, 1.82) is 0 Å². The molecule has 4 nitrogen and oxygen atoms in total. The van der Waals surface area contributed by atoms with Crippen LogP contribution >= 0.6 is 11.6 Å². The van der Waals surface area contributed by atoms with Gasteiger partial charge in [0.25, 0.3) is 0 Å². The van der Waals surface area contributed by atoms with Gasteiger partial charge in [0.2, 0.25) is 0 Å². The molecule has 1 fully saturated rings. The van der Waals surface area contributed by atoms with E-state index in [9.17, 15) is 9.18 Å². The molecule has 6 heteroatoms. The summed E-state index contributed by atoms with van der Waals surface area (Å²) >= 11 is 5.75. The summed E-state index contributed by atoms with van der Waals surface area (Å²) in [6.45, 7) is 3.39. The number of hydrogen-bond donors (Lipinski definition) is 1. The van der Waals surface area contributed by atoms with Crippen LogP contribution < -0.4 is 5.32 Å². The Bertz CT molecular complexity index is 476. The number of amides is 1. The number of ether oxygens (including phenoxy) is 1. The van der Waals surface area contributed by atoms with Crippen molar-refractivity contribution in [2.45, 2.75) is 25.8 Å². The Kier molecular flexibility index (Phi) is 5.06. The van der Waals surface area contributed by atoms with E-state index in [1.807, 2.05) is 0 Å². The smallest absolute Gasteiger partial charge is 0.409 e. The van der Waals surface area contributed by atoms with Gasteiger partial charge in [-0.05, 0) is 31.9 Å². The van der Waals surface area contributed by atoms with Crippen molar-refractivity contribution < 1.29 is 13.9 Å². The molecule has 0 spiro atoms. The van der Waals surface area contributed by atoms with Gasteiger partial charge in [-0.25, -0.2) is 9.18 Å². The lowest BCUT2D eigenvalue weighted by molar-refractivity contribution is 0.0983. The molecule has 0 aromatic heterocycles. The molecule has 1 aromatic rings. The average Bonchev–Trinajstić information content (AvgIpc) is 2.45. The van der Waals surface area contributed by atoms with Crippen LogP contribution in [-0.2, 0) is 4.74 Å². The molecule has 1 N–H and O–H groups in total. The first-order valence-corrected chi connectivity index (χ1v) is 7.12. The number of anilines is 1. The molecule has 1 aliphatic heterocycles. The number of halogens is 2. The summed E-state index contributed by atoms with van der Waals surface area (Å²) in [5.74, 6) is -0.429. The van der Waals surface area contributed by atoms with Gasteiger partial charge in [-0.2, -0.15) is 0 Å². The zero-order chi connectivity index (χ0) is 14.5. The standard InChI is InChI=1S/C14H18ClFN2O2/c1-2-20-14(19)18-8-6-10(7-9-18)17-12-5-3-4-11(15)13(12)16/h3-5,10,17H,2,6-9H2,1H3. The molecule has 1 saturated heterocycles. The molecule has 1 aromatic carbocycles. The summed E-state index contributed by atoms with van der Waals surface area (Å²) in [4.78, 5) is 13.2. The van der Waals surface area contributed by atoms with Crippen molar-refractivity contribution in [2.75, 3.05) is 25.0 Å². The van der Waals surface area contributed by atoms with Crippen LogP contribution in [0.15, 0.2) is 18.2 Å². The predicted octanol–water partition coefficient (Wildman–Crippen LogP) is 3.51. The molecule has 0 radical (unpaired) electrons. The van der Waals surface area contributed by atoms with Crippen LogP contribution in [0.1, 0.15) is 19.8 Å². The second-order valence-electron chi connectivity index (χ2n) is 4.71. The number of piperidine rings is 1. The summed E-state index contributed by atoms with van der Waals surface area (Å²) in [6.07, 6.45) is 1.23. The highest BCUT2D eigenvalue weighted by Gasteiger charge is 2.24. The van der Waals surface area contributed by atoms with E-state index in [1.54, 1.807) is 24.0 Å². The quantitative estimate of drug-likeness (QED) is 0.929. The van der Waals surface area contributed by atoms with E-state index in [1.165, 1.54) is 6.07 Å². The Hall–Kier alpha value is -1.49. The van der Waals surface area contributed by atoms with Gasteiger partial charge in [-0.1, -0.05) is 17.7 Å². The van der Waals surface area contributed by atoms with Gasteiger partial charge in [0.1, 0.15) is 0 Å². The van der Waals surface area contributed by atoms with Crippen LogP contribution in [-0.4, -0.2) is 36.7 Å². The topological polar surface area (TPSA) is 41.6 Å². The van der Waals surface area contributed by atoms with Crippen LogP contribution in [0.3, 0.4) is 0 Å². The highest BCUT2D eigenvalue weighted by molar-refractivity contribution is 6.31. The zero-order valence-corrected chi connectivity index (χ0v) is 12.1. The molecular formula is C14H18ClFN2O2. The van der Waals surface area contributed by atoms with Crippen LogP contribution in [0.2, 0.25) is 5.02 Å². The van der Waals surface area contributed by atoms with Gasteiger partial charge in [0.05, 0.1) is 17.3 Å². The van der Waals surface area contributed by atoms with E-state index in [4.69, 9.17) is 16.3 Å². The summed E-state index contributed by atoms with van der Waals surface area (Å²) in [5, 5.41) is 3.25. The normalized spacial score (nSPS) is 16.1. The fourth-order valence-corrected chi connectivity index (χ4v) is 2.43. The fourth-order valence-electron chi connectivity index (χ4n) is 2.26. The minimum absolute atomic E-state index is 0.110. The van der Waals surface area contributed by atoms with E-state index in [-0.39, 0.29) is 17.2 Å². The van der Waals surface area contributed by atoms with E-state index in [2.05, 4.69) is 5.32 Å². The van der Waals surface area contributed by atoms with Crippen molar-refractivity contribution in [3.63, 3.8) is 0 Å². The minimum Gasteiger partial charge on any atom is -0.450 e. The average molecular weight is 301 g/mol. The van der Waals surface area contributed by atoms with Gasteiger partial charge in [-0.3, -0.25) is 0 Å². The van der Waals surface area contributed by atoms with Crippen LogP contribution in [0.25, 0.3) is 0 Å². The molecule has 110 valence electrons. The van der Waals surface area contributed by atoms with E-state index in [0.29, 0.717) is 25.4 Å². The monoisotopic (exact) mass is 300 g/mol. The SMILES string of the molecule is CCOC(=O)N1CCC(Nc2cccc(Cl)c2F)CC1. The van der Waals surface area contributed by atoms with Crippen LogP contribution in [0.4, 0.5) is 14.9 Å².